The number of aliphatic hydroxyl groups excluding tert-OH is 1. The topological polar surface area (TPSA) is 93.5 Å². The Labute approximate surface area is 131 Å². The molecular weight excluding hydrogens is 318 g/mol. The van der Waals surface area contributed by atoms with Crippen LogP contribution < -0.4 is 10.9 Å². The number of halogens is 1. The Morgan fingerprint density at radius 2 is 2.33 bits per heavy atom. The predicted molar refractivity (Wildman–Crippen MR) is 83.0 cm³/mol. The van der Waals surface area contributed by atoms with Gasteiger partial charge in [-0.2, -0.15) is 16.9 Å². The number of nitrogens with one attached hydrogen (secondary N) is 1. The smallest absolute Gasteiger partial charge is 0.327 e. The molecule has 2 N–H and O–H groups in total. The third kappa shape index (κ3) is 5.94. The van der Waals surface area contributed by atoms with E-state index in [0.29, 0.717) is 12.2 Å². The second kappa shape index (κ2) is 9.64. The summed E-state index contributed by atoms with van der Waals surface area (Å²) in [5.41, 5.74) is -0.106. The maximum absolute atomic E-state index is 11.9. The molecule has 0 atom stereocenters. The molecule has 1 aromatic heterocycles. The van der Waals surface area contributed by atoms with Gasteiger partial charge in [-0.15, -0.1) is 0 Å². The standard InChI is InChI=1S/C12H18ClN3O4S/c1-20-10(18)8-16-12(19)11(13)9(7-15-16)14-3-6-21-5-2-4-17/h7,14,17H,2-6,8H2,1H3. The van der Waals surface area contributed by atoms with E-state index in [2.05, 4.69) is 15.2 Å². The molecule has 9 heteroatoms. The van der Waals surface area contributed by atoms with Crippen LogP contribution in [0.1, 0.15) is 6.42 Å². The van der Waals surface area contributed by atoms with Gasteiger partial charge in [0, 0.05) is 18.9 Å². The van der Waals surface area contributed by atoms with Crippen LogP contribution in [0.15, 0.2) is 11.0 Å². The van der Waals surface area contributed by atoms with Crippen LogP contribution in [0.5, 0.6) is 0 Å². The number of rotatable bonds is 9. The van der Waals surface area contributed by atoms with E-state index in [-0.39, 0.29) is 18.2 Å². The molecule has 0 saturated carbocycles. The van der Waals surface area contributed by atoms with Gasteiger partial charge in [-0.25, -0.2) is 4.68 Å². The first-order chi connectivity index (χ1) is 10.1. The summed E-state index contributed by atoms with van der Waals surface area (Å²) in [5, 5.41) is 15.5. The lowest BCUT2D eigenvalue weighted by Gasteiger charge is -2.09. The Morgan fingerprint density at radius 3 is 3.00 bits per heavy atom. The molecule has 0 bridgehead atoms. The third-order valence-electron chi connectivity index (χ3n) is 2.50. The van der Waals surface area contributed by atoms with Crippen LogP contribution in [0, 0.1) is 0 Å². The van der Waals surface area contributed by atoms with Gasteiger partial charge in [0.05, 0.1) is 19.0 Å². The van der Waals surface area contributed by atoms with Gasteiger partial charge in [0.2, 0.25) is 0 Å². The molecule has 0 aliphatic carbocycles. The molecule has 0 unspecified atom stereocenters. The predicted octanol–water partition coefficient (Wildman–Crippen LogP) is 0.597. The highest BCUT2D eigenvalue weighted by Gasteiger charge is 2.11. The second-order valence-electron chi connectivity index (χ2n) is 4.03. The van der Waals surface area contributed by atoms with Crippen molar-refractivity contribution >= 4 is 35.0 Å². The van der Waals surface area contributed by atoms with E-state index in [1.165, 1.54) is 13.3 Å². The summed E-state index contributed by atoms with van der Waals surface area (Å²) >= 11 is 7.65. The first-order valence-corrected chi connectivity index (χ1v) is 7.88. The zero-order valence-corrected chi connectivity index (χ0v) is 13.2. The number of nitrogens with zero attached hydrogens (tertiary/aromatic N) is 2. The van der Waals surface area contributed by atoms with Crippen molar-refractivity contribution in [2.75, 3.05) is 37.1 Å². The van der Waals surface area contributed by atoms with Crippen molar-refractivity contribution in [2.24, 2.45) is 0 Å². The van der Waals surface area contributed by atoms with Crippen LogP contribution in [0.4, 0.5) is 5.69 Å². The third-order valence-corrected chi connectivity index (χ3v) is 3.94. The highest BCUT2D eigenvalue weighted by molar-refractivity contribution is 7.99. The number of aromatic nitrogens is 2. The number of thioether (sulfide) groups is 1. The zero-order chi connectivity index (χ0) is 15.7. The van der Waals surface area contributed by atoms with E-state index in [0.717, 1.165) is 22.6 Å². The molecule has 0 aliphatic heterocycles. The van der Waals surface area contributed by atoms with Gasteiger partial charge in [-0.1, -0.05) is 11.6 Å². The number of methoxy groups -OCH3 is 1. The maximum atomic E-state index is 11.9. The van der Waals surface area contributed by atoms with Crippen molar-refractivity contribution in [2.45, 2.75) is 13.0 Å². The Morgan fingerprint density at radius 1 is 1.57 bits per heavy atom. The van der Waals surface area contributed by atoms with Crippen LogP contribution in [0.25, 0.3) is 0 Å². The van der Waals surface area contributed by atoms with Crippen molar-refractivity contribution in [3.63, 3.8) is 0 Å². The molecule has 0 spiro atoms. The highest BCUT2D eigenvalue weighted by atomic mass is 35.5. The van der Waals surface area contributed by atoms with Gasteiger partial charge in [-0.05, 0) is 12.2 Å². The molecular formula is C12H18ClN3O4S. The Kier molecular flexibility index (Phi) is 8.17. The Balaban J connectivity index is 2.55. The van der Waals surface area contributed by atoms with Crippen LogP contribution in [0.3, 0.4) is 0 Å². The summed E-state index contributed by atoms with van der Waals surface area (Å²) in [7, 11) is 1.24. The first kappa shape index (κ1) is 17.8. The van der Waals surface area contributed by atoms with Crippen LogP contribution in [0.2, 0.25) is 5.02 Å². The van der Waals surface area contributed by atoms with Crippen molar-refractivity contribution in [1.29, 1.82) is 0 Å². The normalized spacial score (nSPS) is 10.4. The first-order valence-electron chi connectivity index (χ1n) is 6.35. The molecule has 7 nitrogen and oxygen atoms in total. The largest absolute Gasteiger partial charge is 0.468 e. The average Bonchev–Trinajstić information content (AvgIpc) is 2.49. The molecule has 1 rings (SSSR count). The molecule has 1 heterocycles. The molecule has 118 valence electrons. The second-order valence-corrected chi connectivity index (χ2v) is 5.63. The van der Waals surface area contributed by atoms with E-state index in [1.54, 1.807) is 11.8 Å². The molecule has 21 heavy (non-hydrogen) atoms. The molecule has 0 radical (unpaired) electrons. The van der Waals surface area contributed by atoms with Crippen LogP contribution in [-0.4, -0.2) is 52.6 Å². The lowest BCUT2D eigenvalue weighted by Crippen LogP contribution is -2.28. The summed E-state index contributed by atoms with van der Waals surface area (Å²) in [5.74, 6) is 1.13. The number of hydrogen-bond acceptors (Lipinski definition) is 7. The number of ether oxygens (including phenoxy) is 1. The Hall–Kier alpha value is -1.25. The van der Waals surface area contributed by atoms with E-state index in [1.807, 2.05) is 0 Å². The average molecular weight is 336 g/mol. The summed E-state index contributed by atoms with van der Waals surface area (Å²) < 4.78 is 5.43. The van der Waals surface area contributed by atoms with Crippen molar-refractivity contribution < 1.29 is 14.6 Å². The Bertz CT molecular complexity index is 524. The fourth-order valence-corrected chi connectivity index (χ4v) is 2.41. The number of anilines is 1. The minimum Gasteiger partial charge on any atom is -0.468 e. The summed E-state index contributed by atoms with van der Waals surface area (Å²) in [4.78, 5) is 23.0. The number of hydrogen-bond donors (Lipinski definition) is 2. The highest BCUT2D eigenvalue weighted by Crippen LogP contribution is 2.15. The monoisotopic (exact) mass is 335 g/mol. The molecule has 0 aromatic carbocycles. The minimum atomic E-state index is -0.568. The molecule has 0 amide bonds. The van der Waals surface area contributed by atoms with Gasteiger partial charge in [0.15, 0.2) is 0 Å². The van der Waals surface area contributed by atoms with Crippen molar-refractivity contribution in [3.8, 4) is 0 Å². The van der Waals surface area contributed by atoms with Crippen molar-refractivity contribution in [1.82, 2.24) is 9.78 Å². The van der Waals surface area contributed by atoms with Crippen molar-refractivity contribution in [3.05, 3.63) is 21.6 Å². The van der Waals surface area contributed by atoms with Gasteiger partial charge in [0.25, 0.3) is 5.56 Å². The number of aliphatic hydroxyl groups is 1. The SMILES string of the molecule is COC(=O)Cn1ncc(NCCSCCCO)c(Cl)c1=O. The quantitative estimate of drug-likeness (QED) is 0.504. The van der Waals surface area contributed by atoms with Gasteiger partial charge in [-0.3, -0.25) is 9.59 Å². The summed E-state index contributed by atoms with van der Waals surface area (Å²) in [6, 6.07) is 0. The molecule has 0 saturated heterocycles. The van der Waals surface area contributed by atoms with Gasteiger partial charge < -0.3 is 15.2 Å². The van der Waals surface area contributed by atoms with E-state index < -0.39 is 11.5 Å². The lowest BCUT2D eigenvalue weighted by atomic mass is 10.4. The number of carbonyl (C=O) groups is 1. The summed E-state index contributed by atoms with van der Waals surface area (Å²) in [6.45, 7) is 0.541. The molecule has 0 aliphatic rings. The van der Waals surface area contributed by atoms with Crippen LogP contribution in [-0.2, 0) is 16.1 Å². The molecule has 1 aromatic rings. The minimum absolute atomic E-state index is 0.00531. The number of carbonyl (C=O) groups excluding carboxylic acids is 1. The molecule has 0 fully saturated rings. The van der Waals surface area contributed by atoms with Gasteiger partial charge >= 0.3 is 5.97 Å². The van der Waals surface area contributed by atoms with Gasteiger partial charge in [0.1, 0.15) is 11.6 Å². The lowest BCUT2D eigenvalue weighted by molar-refractivity contribution is -0.141. The van der Waals surface area contributed by atoms with Crippen LogP contribution >= 0.6 is 23.4 Å². The van der Waals surface area contributed by atoms with E-state index >= 15 is 0 Å². The van der Waals surface area contributed by atoms with E-state index in [4.69, 9.17) is 16.7 Å². The maximum Gasteiger partial charge on any atom is 0.327 e. The fraction of sp³-hybridized carbons (Fsp3) is 0.583. The van der Waals surface area contributed by atoms with E-state index in [9.17, 15) is 9.59 Å². The summed E-state index contributed by atoms with van der Waals surface area (Å²) in [6.07, 6.45) is 2.17. The number of esters is 1. The zero-order valence-electron chi connectivity index (χ0n) is 11.7. The fourth-order valence-electron chi connectivity index (χ4n) is 1.41.